The van der Waals surface area contributed by atoms with Gasteiger partial charge in [-0.2, -0.15) is 15.0 Å². The minimum atomic E-state index is 0.106. The van der Waals surface area contributed by atoms with Crippen LogP contribution in [0.1, 0.15) is 19.8 Å². The number of nitrogens with zero attached hydrogens (tertiary/aromatic N) is 3. The van der Waals surface area contributed by atoms with E-state index in [2.05, 4.69) is 20.3 Å². The highest BCUT2D eigenvalue weighted by molar-refractivity contribution is 6.28. The van der Waals surface area contributed by atoms with Crippen molar-refractivity contribution in [3.63, 3.8) is 0 Å². The van der Waals surface area contributed by atoms with Crippen LogP contribution in [0.15, 0.2) is 0 Å². The topological polar surface area (TPSA) is 78.4 Å². The summed E-state index contributed by atoms with van der Waals surface area (Å²) in [5.41, 5.74) is 0. The average molecular weight is 305 g/mol. The highest BCUT2D eigenvalue weighted by Crippen LogP contribution is 2.11. The van der Waals surface area contributed by atoms with E-state index in [0.29, 0.717) is 32.4 Å². The number of halogens is 1. The number of hydrogen-bond donors (Lipinski definition) is 1. The molecular weight excluding hydrogens is 284 g/mol. The van der Waals surface area contributed by atoms with Crippen LogP contribution in [-0.4, -0.2) is 55.0 Å². The van der Waals surface area contributed by atoms with Gasteiger partial charge >= 0.3 is 6.01 Å². The van der Waals surface area contributed by atoms with E-state index >= 15 is 0 Å². The molecule has 0 spiro atoms. The zero-order chi connectivity index (χ0) is 14.6. The Hall–Kier alpha value is -1.18. The molecule has 20 heavy (non-hydrogen) atoms. The number of nitrogens with one attached hydrogen (secondary N) is 1. The van der Waals surface area contributed by atoms with Gasteiger partial charge in [-0.05, 0) is 24.4 Å². The third kappa shape index (κ3) is 7.42. The number of aromatic nitrogens is 3. The van der Waals surface area contributed by atoms with E-state index in [0.717, 1.165) is 19.4 Å². The molecule has 0 fully saturated rings. The van der Waals surface area contributed by atoms with Crippen LogP contribution < -0.4 is 10.1 Å². The molecule has 0 aliphatic rings. The molecule has 0 amide bonds. The Kier molecular flexibility index (Phi) is 8.93. The Morgan fingerprint density at radius 3 is 2.70 bits per heavy atom. The molecule has 114 valence electrons. The van der Waals surface area contributed by atoms with Gasteiger partial charge in [-0.1, -0.05) is 6.92 Å². The maximum absolute atomic E-state index is 5.80. The molecule has 0 aromatic carbocycles. The fraction of sp³-hybridized carbons (Fsp3) is 0.750. The first-order chi connectivity index (χ1) is 9.76. The molecule has 7 nitrogen and oxygen atoms in total. The van der Waals surface area contributed by atoms with Crippen molar-refractivity contribution in [1.82, 2.24) is 15.0 Å². The van der Waals surface area contributed by atoms with Crippen molar-refractivity contribution in [1.29, 1.82) is 0 Å². The van der Waals surface area contributed by atoms with Gasteiger partial charge < -0.3 is 19.5 Å². The summed E-state index contributed by atoms with van der Waals surface area (Å²) in [4.78, 5) is 12.0. The maximum Gasteiger partial charge on any atom is 0.322 e. The fourth-order valence-corrected chi connectivity index (χ4v) is 1.46. The van der Waals surface area contributed by atoms with Gasteiger partial charge in [-0.25, -0.2) is 0 Å². The Morgan fingerprint density at radius 2 is 1.95 bits per heavy atom. The van der Waals surface area contributed by atoms with Crippen molar-refractivity contribution in [2.75, 3.05) is 45.4 Å². The minimum Gasteiger partial charge on any atom is -0.461 e. The lowest BCUT2D eigenvalue weighted by Crippen LogP contribution is -2.12. The Morgan fingerprint density at radius 1 is 1.10 bits per heavy atom. The van der Waals surface area contributed by atoms with Crippen LogP contribution in [0.5, 0.6) is 6.01 Å². The van der Waals surface area contributed by atoms with Crippen molar-refractivity contribution in [3.05, 3.63) is 5.28 Å². The molecule has 0 unspecified atom stereocenters. The first-order valence-corrected chi connectivity index (χ1v) is 6.99. The molecular formula is C12H21ClN4O3. The molecule has 0 aliphatic carbocycles. The third-order valence-corrected chi connectivity index (χ3v) is 2.39. The standard InChI is InChI=1S/C12H21ClN4O3/c1-3-5-14-11-15-10(13)16-12(17-11)20-9-8-19-7-4-6-18-2/h3-9H2,1-2H3,(H,14,15,16,17). The van der Waals surface area contributed by atoms with Crippen LogP contribution in [-0.2, 0) is 9.47 Å². The number of hydrogen-bond acceptors (Lipinski definition) is 7. The molecule has 0 saturated carbocycles. The summed E-state index contributed by atoms with van der Waals surface area (Å²) >= 11 is 5.80. The molecule has 1 aromatic heterocycles. The number of methoxy groups -OCH3 is 1. The predicted molar refractivity (Wildman–Crippen MR) is 76.4 cm³/mol. The van der Waals surface area contributed by atoms with Crippen LogP contribution in [0, 0.1) is 0 Å². The molecule has 1 N–H and O–H groups in total. The highest BCUT2D eigenvalue weighted by Gasteiger charge is 2.05. The molecule has 0 bridgehead atoms. The largest absolute Gasteiger partial charge is 0.461 e. The second-order valence-corrected chi connectivity index (χ2v) is 4.28. The van der Waals surface area contributed by atoms with E-state index < -0.39 is 0 Å². The van der Waals surface area contributed by atoms with Gasteiger partial charge in [0.1, 0.15) is 6.61 Å². The summed E-state index contributed by atoms with van der Waals surface area (Å²) in [7, 11) is 1.66. The quantitative estimate of drug-likeness (QED) is 0.624. The minimum absolute atomic E-state index is 0.106. The molecule has 1 heterocycles. The van der Waals surface area contributed by atoms with Gasteiger partial charge in [-0.3, -0.25) is 0 Å². The summed E-state index contributed by atoms with van der Waals surface area (Å²) in [6.07, 6.45) is 1.83. The van der Waals surface area contributed by atoms with E-state index in [-0.39, 0.29) is 11.3 Å². The number of ether oxygens (including phenoxy) is 3. The second-order valence-electron chi connectivity index (χ2n) is 3.94. The molecule has 1 aromatic rings. The molecule has 0 atom stereocenters. The van der Waals surface area contributed by atoms with Gasteiger partial charge in [0.2, 0.25) is 11.2 Å². The maximum atomic E-state index is 5.80. The summed E-state index contributed by atoms with van der Waals surface area (Å²) in [5, 5.41) is 3.13. The Balaban J connectivity index is 2.26. The van der Waals surface area contributed by atoms with E-state index in [1.807, 2.05) is 6.92 Å². The fourth-order valence-electron chi connectivity index (χ4n) is 1.31. The van der Waals surface area contributed by atoms with Crippen molar-refractivity contribution in [3.8, 4) is 6.01 Å². The lowest BCUT2D eigenvalue weighted by molar-refractivity contribution is 0.0783. The molecule has 0 radical (unpaired) electrons. The third-order valence-electron chi connectivity index (χ3n) is 2.22. The van der Waals surface area contributed by atoms with E-state index in [1.54, 1.807) is 7.11 Å². The molecule has 8 heteroatoms. The summed E-state index contributed by atoms with van der Waals surface area (Å²) in [6.45, 7) is 4.97. The zero-order valence-corrected chi connectivity index (χ0v) is 12.7. The summed E-state index contributed by atoms with van der Waals surface area (Å²) < 4.78 is 15.6. The molecule has 0 saturated heterocycles. The normalized spacial score (nSPS) is 10.6. The van der Waals surface area contributed by atoms with Gasteiger partial charge in [-0.15, -0.1) is 0 Å². The average Bonchev–Trinajstić information content (AvgIpc) is 2.43. The number of anilines is 1. The van der Waals surface area contributed by atoms with Gasteiger partial charge in [0.05, 0.1) is 6.61 Å². The zero-order valence-electron chi connectivity index (χ0n) is 11.9. The van der Waals surface area contributed by atoms with Crippen LogP contribution in [0.4, 0.5) is 5.95 Å². The predicted octanol–water partition coefficient (Wildman–Crippen LogP) is 1.78. The first-order valence-electron chi connectivity index (χ1n) is 6.61. The highest BCUT2D eigenvalue weighted by atomic mass is 35.5. The Bertz CT molecular complexity index is 382. The van der Waals surface area contributed by atoms with Gasteiger partial charge in [0.25, 0.3) is 0 Å². The first kappa shape index (κ1) is 16.9. The van der Waals surface area contributed by atoms with Crippen molar-refractivity contribution >= 4 is 17.5 Å². The lowest BCUT2D eigenvalue weighted by atomic mass is 10.5. The summed E-state index contributed by atoms with van der Waals surface area (Å²) in [6, 6.07) is 0.198. The molecule has 1 rings (SSSR count). The van der Waals surface area contributed by atoms with E-state index in [1.165, 1.54) is 0 Å². The smallest absolute Gasteiger partial charge is 0.322 e. The monoisotopic (exact) mass is 304 g/mol. The summed E-state index contributed by atoms with van der Waals surface area (Å²) in [5.74, 6) is 0.419. The SMILES string of the molecule is CCCNc1nc(Cl)nc(OCCOCCCOC)n1. The van der Waals surface area contributed by atoms with Crippen molar-refractivity contribution in [2.45, 2.75) is 19.8 Å². The lowest BCUT2D eigenvalue weighted by Gasteiger charge is -2.07. The van der Waals surface area contributed by atoms with Crippen molar-refractivity contribution < 1.29 is 14.2 Å². The van der Waals surface area contributed by atoms with Crippen LogP contribution in [0.2, 0.25) is 5.28 Å². The second kappa shape index (κ2) is 10.6. The Labute approximate surface area is 124 Å². The number of rotatable bonds is 11. The van der Waals surface area contributed by atoms with Gasteiger partial charge in [0.15, 0.2) is 0 Å². The molecule has 0 aliphatic heterocycles. The van der Waals surface area contributed by atoms with Gasteiger partial charge in [0, 0.05) is 26.9 Å². The van der Waals surface area contributed by atoms with Crippen LogP contribution in [0.3, 0.4) is 0 Å². The van der Waals surface area contributed by atoms with Crippen LogP contribution in [0.25, 0.3) is 0 Å². The van der Waals surface area contributed by atoms with E-state index in [9.17, 15) is 0 Å². The van der Waals surface area contributed by atoms with Crippen LogP contribution >= 0.6 is 11.6 Å². The van der Waals surface area contributed by atoms with Crippen molar-refractivity contribution in [2.24, 2.45) is 0 Å². The van der Waals surface area contributed by atoms with E-state index in [4.69, 9.17) is 25.8 Å².